The summed E-state index contributed by atoms with van der Waals surface area (Å²) in [6.45, 7) is 11.0. The lowest BCUT2D eigenvalue weighted by Crippen LogP contribution is -2.55. The van der Waals surface area contributed by atoms with Crippen molar-refractivity contribution < 1.29 is 28.7 Å². The van der Waals surface area contributed by atoms with E-state index in [0.29, 0.717) is 18.7 Å². The lowest BCUT2D eigenvalue weighted by molar-refractivity contribution is -0.137. The quantitative estimate of drug-likeness (QED) is 0.544. The van der Waals surface area contributed by atoms with Crippen LogP contribution in [0.1, 0.15) is 48.0 Å². The fourth-order valence-electron chi connectivity index (χ4n) is 4.59. The van der Waals surface area contributed by atoms with Crippen LogP contribution in [-0.4, -0.2) is 83.3 Å². The van der Waals surface area contributed by atoms with Gasteiger partial charge in [0.15, 0.2) is 0 Å². The van der Waals surface area contributed by atoms with Gasteiger partial charge >= 0.3 is 12.2 Å². The highest BCUT2D eigenvalue weighted by Crippen LogP contribution is 2.35. The molecule has 2 aliphatic rings. The molecule has 204 valence electrons. The van der Waals surface area contributed by atoms with Gasteiger partial charge in [-0.25, -0.2) is 9.59 Å². The number of carbonyl (C=O) groups excluding carboxylic acids is 4. The number of benzene rings is 1. The molecule has 1 aromatic rings. The molecule has 37 heavy (non-hydrogen) atoms. The standard InChI is InChI=1S/C26H39N5O6/c1-25(2,3)21(27)22(33)30-13-12-17-20(30)18(36-24(35)29-16-10-8-7-9-11-16)15-31(17)19(32)14-28-23(34)37-26(4,5)6/h7-11,17-18,20-21H,12-15,27H2,1-6H3,(H,28,34)(H,29,35)/t17-,18+,20+,21-/m1/s1. The molecule has 4 amide bonds. The van der Waals surface area contributed by atoms with Gasteiger partial charge in [0.05, 0.1) is 24.7 Å². The number of hydrogen-bond acceptors (Lipinski definition) is 7. The highest BCUT2D eigenvalue weighted by Gasteiger charge is 2.54. The van der Waals surface area contributed by atoms with Crippen LogP contribution in [0.5, 0.6) is 0 Å². The first kappa shape index (κ1) is 28.2. The summed E-state index contributed by atoms with van der Waals surface area (Å²) in [4.78, 5) is 54.4. The summed E-state index contributed by atoms with van der Waals surface area (Å²) in [5.74, 6) is -0.608. The van der Waals surface area contributed by atoms with E-state index in [1.807, 2.05) is 26.8 Å². The van der Waals surface area contributed by atoms with Gasteiger partial charge in [-0.2, -0.15) is 0 Å². The number of anilines is 1. The van der Waals surface area contributed by atoms with Crippen molar-refractivity contribution in [2.45, 2.75) is 77.8 Å². The molecule has 4 atom stereocenters. The van der Waals surface area contributed by atoms with E-state index < -0.39 is 41.4 Å². The molecular formula is C26H39N5O6. The van der Waals surface area contributed by atoms with E-state index in [0.717, 1.165) is 0 Å². The molecule has 11 nitrogen and oxygen atoms in total. The third-order valence-electron chi connectivity index (χ3n) is 6.44. The molecule has 11 heteroatoms. The maximum atomic E-state index is 13.3. The van der Waals surface area contributed by atoms with Crippen molar-refractivity contribution in [2.24, 2.45) is 11.1 Å². The number of para-hydroxylation sites is 1. The molecule has 0 spiro atoms. The number of ether oxygens (including phenoxy) is 2. The Morgan fingerprint density at radius 3 is 2.27 bits per heavy atom. The second-order valence-corrected chi connectivity index (χ2v) is 11.6. The number of hydrogen-bond donors (Lipinski definition) is 3. The van der Waals surface area contributed by atoms with Crippen LogP contribution in [0.3, 0.4) is 0 Å². The molecule has 0 aromatic heterocycles. The maximum Gasteiger partial charge on any atom is 0.412 e. The third kappa shape index (κ3) is 7.12. The minimum atomic E-state index is -0.766. The van der Waals surface area contributed by atoms with Crippen molar-refractivity contribution >= 4 is 29.7 Å². The van der Waals surface area contributed by atoms with Gasteiger partial charge in [0.1, 0.15) is 18.2 Å². The third-order valence-corrected chi connectivity index (χ3v) is 6.44. The lowest BCUT2D eigenvalue weighted by atomic mass is 9.86. The summed E-state index contributed by atoms with van der Waals surface area (Å²) >= 11 is 0. The number of nitrogens with one attached hydrogen (secondary N) is 2. The summed E-state index contributed by atoms with van der Waals surface area (Å²) in [5, 5.41) is 5.16. The van der Waals surface area contributed by atoms with Crippen molar-refractivity contribution in [1.82, 2.24) is 15.1 Å². The van der Waals surface area contributed by atoms with Crippen LogP contribution in [0.25, 0.3) is 0 Å². The molecule has 1 aromatic carbocycles. The highest BCUT2D eigenvalue weighted by molar-refractivity contribution is 5.87. The first-order valence-corrected chi connectivity index (χ1v) is 12.5. The average molecular weight is 518 g/mol. The minimum Gasteiger partial charge on any atom is -0.444 e. The van der Waals surface area contributed by atoms with E-state index in [-0.39, 0.29) is 30.9 Å². The van der Waals surface area contributed by atoms with E-state index in [1.54, 1.807) is 54.8 Å². The first-order valence-electron chi connectivity index (χ1n) is 12.5. The monoisotopic (exact) mass is 517 g/mol. The van der Waals surface area contributed by atoms with Crippen molar-refractivity contribution in [3.63, 3.8) is 0 Å². The summed E-state index contributed by atoms with van der Waals surface area (Å²) in [6, 6.07) is 7.16. The molecule has 2 fully saturated rings. The van der Waals surface area contributed by atoms with Gasteiger partial charge in [0.2, 0.25) is 11.8 Å². The zero-order chi connectivity index (χ0) is 27.5. The number of rotatable bonds is 5. The van der Waals surface area contributed by atoms with Crippen LogP contribution in [0.2, 0.25) is 0 Å². The Labute approximate surface area is 218 Å². The SMILES string of the molecule is CC(C)(C)OC(=O)NCC(=O)N1C[C@H](OC(=O)Nc2ccccc2)[C@@H]2[C@H]1CCN2C(=O)[C@@H](N)C(C)(C)C. The van der Waals surface area contributed by atoms with Gasteiger partial charge in [-0.15, -0.1) is 0 Å². The zero-order valence-electron chi connectivity index (χ0n) is 22.4. The molecule has 0 unspecified atom stereocenters. The zero-order valence-corrected chi connectivity index (χ0v) is 22.4. The largest absolute Gasteiger partial charge is 0.444 e. The Bertz CT molecular complexity index is 1000. The topological polar surface area (TPSA) is 143 Å². The molecular weight excluding hydrogens is 478 g/mol. The predicted molar refractivity (Wildman–Crippen MR) is 138 cm³/mol. The highest BCUT2D eigenvalue weighted by atomic mass is 16.6. The number of amides is 4. The fraction of sp³-hybridized carbons (Fsp3) is 0.615. The summed E-state index contributed by atoms with van der Waals surface area (Å²) in [7, 11) is 0. The maximum absolute atomic E-state index is 13.3. The first-order chi connectivity index (χ1) is 17.2. The molecule has 2 heterocycles. The number of carbonyl (C=O) groups is 4. The van der Waals surface area contributed by atoms with E-state index in [1.165, 1.54) is 0 Å². The molecule has 3 rings (SSSR count). The lowest BCUT2D eigenvalue weighted by Gasteiger charge is -2.34. The van der Waals surface area contributed by atoms with Gasteiger partial charge in [-0.3, -0.25) is 14.9 Å². The van der Waals surface area contributed by atoms with Crippen molar-refractivity contribution in [1.29, 1.82) is 0 Å². The average Bonchev–Trinajstić information content (AvgIpc) is 3.37. The van der Waals surface area contributed by atoms with Crippen molar-refractivity contribution in [3.8, 4) is 0 Å². The van der Waals surface area contributed by atoms with Crippen LogP contribution >= 0.6 is 0 Å². The Kier molecular flexibility index (Phi) is 8.36. The minimum absolute atomic E-state index is 0.0842. The summed E-state index contributed by atoms with van der Waals surface area (Å²) in [5.41, 5.74) is 5.67. The normalized spacial score (nSPS) is 22.2. The fourth-order valence-corrected chi connectivity index (χ4v) is 4.59. The number of alkyl carbamates (subject to hydrolysis) is 1. The number of nitrogens with two attached hydrogens (primary N) is 1. The van der Waals surface area contributed by atoms with Crippen LogP contribution in [-0.2, 0) is 19.1 Å². The Morgan fingerprint density at radius 2 is 1.68 bits per heavy atom. The van der Waals surface area contributed by atoms with E-state index in [2.05, 4.69) is 10.6 Å². The summed E-state index contributed by atoms with van der Waals surface area (Å²) < 4.78 is 11.0. The molecule has 2 saturated heterocycles. The molecule has 0 aliphatic carbocycles. The van der Waals surface area contributed by atoms with Crippen LogP contribution < -0.4 is 16.4 Å². The van der Waals surface area contributed by atoms with Gasteiger partial charge in [-0.1, -0.05) is 39.0 Å². The molecule has 0 bridgehead atoms. The summed E-state index contributed by atoms with van der Waals surface area (Å²) in [6.07, 6.45) is -1.65. The Balaban J connectivity index is 1.76. The van der Waals surface area contributed by atoms with E-state index in [9.17, 15) is 19.2 Å². The molecule has 0 saturated carbocycles. The van der Waals surface area contributed by atoms with Crippen molar-refractivity contribution in [3.05, 3.63) is 30.3 Å². The van der Waals surface area contributed by atoms with Crippen LogP contribution in [0.4, 0.5) is 15.3 Å². The number of fused-ring (bicyclic) bond motifs is 1. The van der Waals surface area contributed by atoms with Crippen LogP contribution in [0, 0.1) is 5.41 Å². The second-order valence-electron chi connectivity index (χ2n) is 11.6. The predicted octanol–water partition coefficient (Wildman–Crippen LogP) is 2.31. The van der Waals surface area contributed by atoms with Gasteiger partial charge in [-0.05, 0) is 44.7 Å². The van der Waals surface area contributed by atoms with Gasteiger partial charge in [0, 0.05) is 12.2 Å². The Hall–Kier alpha value is -3.34. The molecule has 2 aliphatic heterocycles. The molecule has 4 N–H and O–H groups in total. The van der Waals surface area contributed by atoms with E-state index in [4.69, 9.17) is 15.2 Å². The number of nitrogens with zero attached hydrogens (tertiary/aromatic N) is 2. The van der Waals surface area contributed by atoms with Crippen molar-refractivity contribution in [2.75, 3.05) is 25.0 Å². The Morgan fingerprint density at radius 1 is 1.03 bits per heavy atom. The number of likely N-dealkylation sites (tertiary alicyclic amines) is 2. The van der Waals surface area contributed by atoms with Gasteiger partial charge < -0.3 is 30.3 Å². The molecule has 0 radical (unpaired) electrons. The van der Waals surface area contributed by atoms with Crippen LogP contribution in [0.15, 0.2) is 30.3 Å². The van der Waals surface area contributed by atoms with E-state index >= 15 is 0 Å². The second kappa shape index (κ2) is 11.0. The van der Waals surface area contributed by atoms with Gasteiger partial charge in [0.25, 0.3) is 0 Å². The smallest absolute Gasteiger partial charge is 0.412 e.